The molecule has 2 aromatic heterocycles. The van der Waals surface area contributed by atoms with Gasteiger partial charge in [-0.15, -0.1) is 11.3 Å². The molecule has 0 atom stereocenters. The predicted octanol–water partition coefficient (Wildman–Crippen LogP) is 5.92. The molecule has 30 heavy (non-hydrogen) atoms. The number of nitrogens with one attached hydrogen (secondary N) is 1. The first-order chi connectivity index (χ1) is 14.3. The molecule has 0 aliphatic rings. The first-order valence-corrected chi connectivity index (χ1v) is 10.7. The number of pyridine rings is 1. The van der Waals surface area contributed by atoms with E-state index in [1.165, 1.54) is 11.3 Å². The van der Waals surface area contributed by atoms with Gasteiger partial charge in [0.1, 0.15) is 5.56 Å². The second-order valence-electron chi connectivity index (χ2n) is 7.28. The molecule has 0 aliphatic heterocycles. The van der Waals surface area contributed by atoms with Crippen LogP contribution in [-0.4, -0.2) is 15.5 Å². The summed E-state index contributed by atoms with van der Waals surface area (Å²) in [6.45, 7) is 5.95. The van der Waals surface area contributed by atoms with Gasteiger partial charge in [0.05, 0.1) is 11.2 Å². The van der Waals surface area contributed by atoms with Gasteiger partial charge >= 0.3 is 0 Å². The van der Waals surface area contributed by atoms with Crippen molar-refractivity contribution in [2.45, 2.75) is 26.8 Å². The molecule has 4 rings (SSSR count). The molecule has 0 saturated heterocycles. The van der Waals surface area contributed by atoms with E-state index in [1.807, 2.05) is 55.7 Å². The minimum Gasteiger partial charge on any atom is -0.344 e. The van der Waals surface area contributed by atoms with Crippen LogP contribution in [0.2, 0.25) is 5.02 Å². The van der Waals surface area contributed by atoms with Crippen molar-refractivity contribution in [2.24, 2.45) is 0 Å². The largest absolute Gasteiger partial charge is 0.344 e. The van der Waals surface area contributed by atoms with E-state index in [1.54, 1.807) is 24.4 Å². The smallest absolute Gasteiger partial charge is 0.262 e. The molecule has 0 radical (unpaired) electrons. The Hall–Kier alpha value is -2.96. The predicted molar refractivity (Wildman–Crippen MR) is 124 cm³/mol. The van der Waals surface area contributed by atoms with Crippen LogP contribution in [0.25, 0.3) is 22.2 Å². The Morgan fingerprint density at radius 3 is 2.60 bits per heavy atom. The van der Waals surface area contributed by atoms with Gasteiger partial charge in [-0.1, -0.05) is 41.9 Å². The summed E-state index contributed by atoms with van der Waals surface area (Å²) in [6.07, 6.45) is 1.61. The third-order valence-electron chi connectivity index (χ3n) is 4.86. The molecule has 4 aromatic rings. The number of carbonyl (C=O) groups is 1. The molecule has 2 aromatic carbocycles. The van der Waals surface area contributed by atoms with Crippen molar-refractivity contribution in [1.29, 1.82) is 0 Å². The van der Waals surface area contributed by atoms with Crippen LogP contribution in [-0.2, 0) is 0 Å². The van der Waals surface area contributed by atoms with Crippen molar-refractivity contribution in [3.8, 4) is 11.3 Å². The molecule has 1 amide bonds. The van der Waals surface area contributed by atoms with E-state index in [9.17, 15) is 9.59 Å². The fourth-order valence-corrected chi connectivity index (χ4v) is 4.40. The van der Waals surface area contributed by atoms with Gasteiger partial charge in [0.25, 0.3) is 5.91 Å². The molecule has 0 unspecified atom stereocenters. The maximum Gasteiger partial charge on any atom is 0.262 e. The third-order valence-corrected chi connectivity index (χ3v) is 5.98. The van der Waals surface area contributed by atoms with Crippen LogP contribution in [0.3, 0.4) is 0 Å². The number of aromatic nitrogens is 2. The zero-order valence-electron chi connectivity index (χ0n) is 16.8. The normalized spacial score (nSPS) is 11.2. The Kier molecular flexibility index (Phi) is 5.45. The number of nitrogens with zero attached hydrogens (tertiary/aromatic N) is 2. The highest BCUT2D eigenvalue weighted by atomic mass is 35.5. The fraction of sp³-hybridized carbons (Fsp3) is 0.174. The van der Waals surface area contributed by atoms with Crippen LogP contribution in [0.15, 0.2) is 59.5 Å². The zero-order chi connectivity index (χ0) is 21.4. The summed E-state index contributed by atoms with van der Waals surface area (Å²) in [4.78, 5) is 31.6. The molecule has 0 spiro atoms. The van der Waals surface area contributed by atoms with Crippen LogP contribution < -0.4 is 10.7 Å². The number of benzene rings is 2. The Bertz CT molecular complexity index is 1310. The van der Waals surface area contributed by atoms with Crippen molar-refractivity contribution in [1.82, 2.24) is 9.55 Å². The number of hydrogen-bond acceptors (Lipinski definition) is 4. The van der Waals surface area contributed by atoms with Gasteiger partial charge in [0, 0.05) is 33.1 Å². The van der Waals surface area contributed by atoms with Crippen molar-refractivity contribution in [2.75, 3.05) is 5.32 Å². The summed E-state index contributed by atoms with van der Waals surface area (Å²) in [7, 11) is 0. The topological polar surface area (TPSA) is 64.0 Å². The molecule has 1 N–H and O–H groups in total. The SMILES string of the molecule is Cc1sc(NC(=O)c2cn(C(C)C)c3ccc(Cl)cc3c2=O)nc1-c1ccccc1. The van der Waals surface area contributed by atoms with Gasteiger partial charge in [-0.25, -0.2) is 4.98 Å². The number of halogens is 1. The van der Waals surface area contributed by atoms with Gasteiger partial charge in [0.15, 0.2) is 5.13 Å². The van der Waals surface area contributed by atoms with E-state index >= 15 is 0 Å². The summed E-state index contributed by atoms with van der Waals surface area (Å²) in [5, 5.41) is 4.13. The Labute approximate surface area is 183 Å². The molecule has 5 nitrogen and oxygen atoms in total. The maximum absolute atomic E-state index is 13.0. The molecule has 2 heterocycles. The van der Waals surface area contributed by atoms with E-state index < -0.39 is 5.91 Å². The lowest BCUT2D eigenvalue weighted by Crippen LogP contribution is -2.24. The molecule has 0 saturated carbocycles. The molecule has 0 bridgehead atoms. The third kappa shape index (κ3) is 3.76. The second kappa shape index (κ2) is 8.05. The number of carbonyl (C=O) groups excluding carboxylic acids is 1. The summed E-state index contributed by atoms with van der Waals surface area (Å²) in [6, 6.07) is 15.0. The number of rotatable bonds is 4. The van der Waals surface area contributed by atoms with Gasteiger partial charge in [-0.2, -0.15) is 0 Å². The molecule has 152 valence electrons. The Morgan fingerprint density at radius 1 is 1.17 bits per heavy atom. The summed E-state index contributed by atoms with van der Waals surface area (Å²) < 4.78 is 1.91. The second-order valence-corrected chi connectivity index (χ2v) is 8.92. The number of hydrogen-bond donors (Lipinski definition) is 1. The fourth-order valence-electron chi connectivity index (χ4n) is 3.39. The quantitative estimate of drug-likeness (QED) is 0.431. The van der Waals surface area contributed by atoms with Gasteiger partial charge in [0.2, 0.25) is 5.43 Å². The van der Waals surface area contributed by atoms with Gasteiger partial charge < -0.3 is 4.57 Å². The summed E-state index contributed by atoms with van der Waals surface area (Å²) in [5.41, 5.74) is 2.26. The van der Waals surface area contributed by atoms with Crippen LogP contribution in [0.4, 0.5) is 5.13 Å². The van der Waals surface area contributed by atoms with E-state index in [-0.39, 0.29) is 17.0 Å². The minimum absolute atomic E-state index is 0.0626. The van der Waals surface area contributed by atoms with Crippen LogP contribution in [0, 0.1) is 6.92 Å². The van der Waals surface area contributed by atoms with Crippen LogP contribution in [0.1, 0.15) is 35.1 Å². The number of aryl methyl sites for hydroxylation is 1. The Balaban J connectivity index is 1.74. The number of thiazole rings is 1. The van der Waals surface area contributed by atoms with Crippen LogP contribution in [0.5, 0.6) is 0 Å². The highest BCUT2D eigenvalue weighted by Gasteiger charge is 2.19. The summed E-state index contributed by atoms with van der Waals surface area (Å²) >= 11 is 7.49. The van der Waals surface area contributed by atoms with Crippen molar-refractivity contribution in [3.05, 3.63) is 80.4 Å². The van der Waals surface area contributed by atoms with Gasteiger partial charge in [-0.05, 0) is 39.0 Å². The number of anilines is 1. The molecule has 0 aliphatic carbocycles. The minimum atomic E-state index is -0.482. The number of fused-ring (bicyclic) bond motifs is 1. The van der Waals surface area contributed by atoms with E-state index in [0.29, 0.717) is 15.5 Å². The molecule has 7 heteroatoms. The monoisotopic (exact) mass is 437 g/mol. The lowest BCUT2D eigenvalue weighted by Gasteiger charge is -2.16. The average molecular weight is 438 g/mol. The molecular formula is C23H20ClN3O2S. The summed E-state index contributed by atoms with van der Waals surface area (Å²) in [5.74, 6) is -0.482. The number of amides is 1. The standard InChI is InChI=1S/C23H20ClN3O2S/c1-13(2)27-12-18(21(28)17-11-16(24)9-10-19(17)27)22(29)26-23-25-20(14(3)30-23)15-7-5-4-6-8-15/h4-13H,1-3H3,(H,25,26,29). The lowest BCUT2D eigenvalue weighted by molar-refractivity contribution is 0.102. The maximum atomic E-state index is 13.0. The first kappa shape index (κ1) is 20.3. The van der Waals surface area contributed by atoms with Crippen LogP contribution >= 0.6 is 22.9 Å². The lowest BCUT2D eigenvalue weighted by atomic mass is 10.1. The van der Waals surface area contributed by atoms with Crippen molar-refractivity contribution in [3.63, 3.8) is 0 Å². The van der Waals surface area contributed by atoms with Crippen molar-refractivity contribution < 1.29 is 4.79 Å². The zero-order valence-corrected chi connectivity index (χ0v) is 18.3. The first-order valence-electron chi connectivity index (χ1n) is 9.53. The van der Waals surface area contributed by atoms with Crippen molar-refractivity contribution >= 4 is 44.9 Å². The Morgan fingerprint density at radius 2 is 1.90 bits per heavy atom. The molecular weight excluding hydrogens is 418 g/mol. The van der Waals surface area contributed by atoms with E-state index in [0.717, 1.165) is 21.7 Å². The highest BCUT2D eigenvalue weighted by Crippen LogP contribution is 2.30. The van der Waals surface area contributed by atoms with E-state index in [2.05, 4.69) is 10.3 Å². The highest BCUT2D eigenvalue weighted by molar-refractivity contribution is 7.16. The molecule has 0 fully saturated rings. The van der Waals surface area contributed by atoms with Gasteiger partial charge in [-0.3, -0.25) is 14.9 Å². The average Bonchev–Trinajstić information content (AvgIpc) is 3.08. The van der Waals surface area contributed by atoms with E-state index in [4.69, 9.17) is 11.6 Å².